The maximum absolute atomic E-state index is 13.1. The van der Waals surface area contributed by atoms with Gasteiger partial charge in [-0.25, -0.2) is 9.07 Å². The SMILES string of the molecule is CC1CC(c2ccc3c(cnn3-c3ccc(F)cc3)c2)C=CN1. The highest BCUT2D eigenvalue weighted by Gasteiger charge is 2.16. The first-order valence-corrected chi connectivity index (χ1v) is 7.87. The molecule has 2 unspecified atom stereocenters. The Morgan fingerprint density at radius 2 is 2.00 bits per heavy atom. The molecule has 0 spiro atoms. The lowest BCUT2D eigenvalue weighted by Crippen LogP contribution is -2.26. The summed E-state index contributed by atoms with van der Waals surface area (Å²) in [6.07, 6.45) is 7.22. The number of allylic oxidation sites excluding steroid dienone is 1. The molecule has 2 heterocycles. The van der Waals surface area contributed by atoms with E-state index in [9.17, 15) is 4.39 Å². The zero-order chi connectivity index (χ0) is 15.8. The summed E-state index contributed by atoms with van der Waals surface area (Å²) in [5.74, 6) is 0.198. The van der Waals surface area contributed by atoms with E-state index in [4.69, 9.17) is 0 Å². The molecule has 0 bridgehead atoms. The van der Waals surface area contributed by atoms with Crippen LogP contribution in [0.1, 0.15) is 24.8 Å². The zero-order valence-corrected chi connectivity index (χ0v) is 12.9. The molecule has 2 atom stereocenters. The second-order valence-corrected chi connectivity index (χ2v) is 6.12. The van der Waals surface area contributed by atoms with Gasteiger partial charge in [0.15, 0.2) is 0 Å². The Morgan fingerprint density at radius 3 is 2.78 bits per heavy atom. The lowest BCUT2D eigenvalue weighted by molar-refractivity contribution is 0.528. The molecule has 3 aromatic rings. The molecule has 0 fully saturated rings. The van der Waals surface area contributed by atoms with Crippen molar-refractivity contribution < 1.29 is 4.39 Å². The quantitative estimate of drug-likeness (QED) is 0.771. The van der Waals surface area contributed by atoms with Crippen molar-refractivity contribution in [2.75, 3.05) is 0 Å². The third-order valence-electron chi connectivity index (χ3n) is 4.41. The van der Waals surface area contributed by atoms with Gasteiger partial charge in [0.25, 0.3) is 0 Å². The predicted octanol–water partition coefficient (Wildman–Crippen LogP) is 4.14. The smallest absolute Gasteiger partial charge is 0.123 e. The Labute approximate surface area is 134 Å². The Kier molecular flexibility index (Phi) is 3.37. The molecule has 3 nitrogen and oxygen atoms in total. The van der Waals surface area contributed by atoms with Crippen LogP contribution in [0.3, 0.4) is 0 Å². The molecule has 0 aliphatic carbocycles. The summed E-state index contributed by atoms with van der Waals surface area (Å²) in [6.45, 7) is 2.20. The van der Waals surface area contributed by atoms with E-state index >= 15 is 0 Å². The van der Waals surface area contributed by atoms with Crippen molar-refractivity contribution >= 4 is 10.9 Å². The van der Waals surface area contributed by atoms with Crippen LogP contribution in [0, 0.1) is 5.82 Å². The normalized spacial score (nSPS) is 20.6. The van der Waals surface area contributed by atoms with Gasteiger partial charge in [-0.05, 0) is 61.5 Å². The van der Waals surface area contributed by atoms with E-state index in [1.165, 1.54) is 17.7 Å². The van der Waals surface area contributed by atoms with E-state index in [1.54, 1.807) is 12.1 Å². The summed E-state index contributed by atoms with van der Waals surface area (Å²) in [4.78, 5) is 0. The van der Waals surface area contributed by atoms with Gasteiger partial charge in [-0.3, -0.25) is 0 Å². The number of benzene rings is 2. The summed E-state index contributed by atoms with van der Waals surface area (Å²) in [5, 5.41) is 8.88. The summed E-state index contributed by atoms with van der Waals surface area (Å²) in [6, 6.07) is 13.4. The maximum Gasteiger partial charge on any atom is 0.123 e. The first kappa shape index (κ1) is 14.0. The van der Waals surface area contributed by atoms with Gasteiger partial charge in [-0.1, -0.05) is 12.1 Å². The first-order chi connectivity index (χ1) is 11.2. The van der Waals surface area contributed by atoms with Crippen LogP contribution in [0.5, 0.6) is 0 Å². The van der Waals surface area contributed by atoms with Gasteiger partial charge < -0.3 is 5.32 Å². The van der Waals surface area contributed by atoms with Gasteiger partial charge in [0.2, 0.25) is 0 Å². The van der Waals surface area contributed by atoms with Crippen molar-refractivity contribution in [1.29, 1.82) is 0 Å². The van der Waals surface area contributed by atoms with Crippen LogP contribution in [-0.4, -0.2) is 15.8 Å². The fourth-order valence-corrected chi connectivity index (χ4v) is 3.18. The van der Waals surface area contributed by atoms with Crippen LogP contribution in [0.25, 0.3) is 16.6 Å². The van der Waals surface area contributed by atoms with E-state index in [1.807, 2.05) is 17.1 Å². The standard InChI is InChI=1S/C19H18FN3/c1-13-10-15(8-9-21-13)14-2-7-19-16(11-14)12-22-23(19)18-5-3-17(20)4-6-18/h2-9,11-13,15,21H,10H2,1H3. The Morgan fingerprint density at radius 1 is 1.17 bits per heavy atom. The summed E-state index contributed by atoms with van der Waals surface area (Å²) >= 11 is 0. The summed E-state index contributed by atoms with van der Waals surface area (Å²) < 4.78 is 14.9. The average molecular weight is 307 g/mol. The molecule has 1 N–H and O–H groups in total. The van der Waals surface area contributed by atoms with Crippen molar-refractivity contribution in [3.8, 4) is 5.69 Å². The molecule has 0 radical (unpaired) electrons. The lowest BCUT2D eigenvalue weighted by Gasteiger charge is -2.23. The van der Waals surface area contributed by atoms with Crippen LogP contribution >= 0.6 is 0 Å². The Balaban J connectivity index is 1.73. The highest BCUT2D eigenvalue weighted by atomic mass is 19.1. The minimum absolute atomic E-state index is 0.237. The molecular weight excluding hydrogens is 289 g/mol. The van der Waals surface area contributed by atoms with Crippen molar-refractivity contribution in [3.05, 3.63) is 72.3 Å². The minimum atomic E-state index is -0.237. The molecule has 4 heteroatoms. The number of halogens is 1. The lowest BCUT2D eigenvalue weighted by atomic mass is 9.90. The van der Waals surface area contributed by atoms with Crippen LogP contribution in [0.2, 0.25) is 0 Å². The number of rotatable bonds is 2. The third-order valence-corrected chi connectivity index (χ3v) is 4.41. The maximum atomic E-state index is 13.1. The Hall–Kier alpha value is -2.62. The molecule has 1 aliphatic rings. The summed E-state index contributed by atoms with van der Waals surface area (Å²) in [7, 11) is 0. The van der Waals surface area contributed by atoms with E-state index in [-0.39, 0.29) is 5.82 Å². The number of hydrogen-bond donors (Lipinski definition) is 1. The third kappa shape index (κ3) is 2.61. The van der Waals surface area contributed by atoms with E-state index < -0.39 is 0 Å². The predicted molar refractivity (Wildman–Crippen MR) is 90.1 cm³/mol. The summed E-state index contributed by atoms with van der Waals surface area (Å²) in [5.41, 5.74) is 3.21. The molecule has 116 valence electrons. The van der Waals surface area contributed by atoms with Gasteiger partial charge in [-0.15, -0.1) is 0 Å². The van der Waals surface area contributed by atoms with Gasteiger partial charge in [0.05, 0.1) is 17.4 Å². The highest BCUT2D eigenvalue weighted by molar-refractivity contribution is 5.81. The molecule has 0 amide bonds. The van der Waals surface area contributed by atoms with E-state index in [0.29, 0.717) is 12.0 Å². The fraction of sp³-hybridized carbons (Fsp3) is 0.211. The average Bonchev–Trinajstić information content (AvgIpc) is 2.99. The molecule has 2 aromatic carbocycles. The fourth-order valence-electron chi connectivity index (χ4n) is 3.18. The van der Waals surface area contributed by atoms with Crippen LogP contribution in [0.4, 0.5) is 4.39 Å². The van der Waals surface area contributed by atoms with Crippen LogP contribution < -0.4 is 5.32 Å². The number of nitrogens with zero attached hydrogens (tertiary/aromatic N) is 2. The first-order valence-electron chi connectivity index (χ1n) is 7.87. The van der Waals surface area contributed by atoms with Crippen molar-refractivity contribution in [1.82, 2.24) is 15.1 Å². The molecule has 1 aliphatic heterocycles. The minimum Gasteiger partial charge on any atom is -0.389 e. The van der Waals surface area contributed by atoms with E-state index in [2.05, 4.69) is 41.6 Å². The van der Waals surface area contributed by atoms with Gasteiger partial charge in [-0.2, -0.15) is 5.10 Å². The van der Waals surface area contributed by atoms with Gasteiger partial charge in [0.1, 0.15) is 5.82 Å². The number of aromatic nitrogens is 2. The molecule has 1 aromatic heterocycles. The molecule has 0 saturated carbocycles. The highest BCUT2D eigenvalue weighted by Crippen LogP contribution is 2.29. The van der Waals surface area contributed by atoms with Crippen molar-refractivity contribution in [2.45, 2.75) is 25.3 Å². The van der Waals surface area contributed by atoms with Gasteiger partial charge >= 0.3 is 0 Å². The topological polar surface area (TPSA) is 29.9 Å². The largest absolute Gasteiger partial charge is 0.389 e. The van der Waals surface area contributed by atoms with Crippen molar-refractivity contribution in [3.63, 3.8) is 0 Å². The van der Waals surface area contributed by atoms with Crippen molar-refractivity contribution in [2.24, 2.45) is 0 Å². The van der Waals surface area contributed by atoms with Gasteiger partial charge in [0, 0.05) is 17.3 Å². The van der Waals surface area contributed by atoms with E-state index in [0.717, 1.165) is 23.0 Å². The number of fused-ring (bicyclic) bond motifs is 1. The van der Waals surface area contributed by atoms with Crippen LogP contribution in [-0.2, 0) is 0 Å². The second kappa shape index (κ2) is 5.54. The molecule has 23 heavy (non-hydrogen) atoms. The number of hydrogen-bond acceptors (Lipinski definition) is 2. The zero-order valence-electron chi connectivity index (χ0n) is 12.9. The second-order valence-electron chi connectivity index (χ2n) is 6.12. The monoisotopic (exact) mass is 307 g/mol. The number of nitrogens with one attached hydrogen (secondary N) is 1. The molecule has 0 saturated heterocycles. The molecular formula is C19H18FN3. The van der Waals surface area contributed by atoms with Crippen LogP contribution in [0.15, 0.2) is 60.9 Å². The Bertz CT molecular complexity index is 864. The molecule has 4 rings (SSSR count).